The van der Waals surface area contributed by atoms with Crippen molar-refractivity contribution >= 4 is 5.91 Å². The molecule has 1 unspecified atom stereocenters. The molecule has 1 amide bonds. The summed E-state index contributed by atoms with van der Waals surface area (Å²) in [5.74, 6) is 0.255. The van der Waals surface area contributed by atoms with E-state index in [1.807, 2.05) is 11.0 Å². The van der Waals surface area contributed by atoms with Crippen LogP contribution in [0.3, 0.4) is 0 Å². The first-order valence-electron chi connectivity index (χ1n) is 7.89. The van der Waals surface area contributed by atoms with Crippen LogP contribution in [0.4, 0.5) is 0 Å². The minimum Gasteiger partial charge on any atom is -0.339 e. The number of carbonyl (C=O) groups is 1. The maximum absolute atomic E-state index is 12.2. The van der Waals surface area contributed by atoms with Crippen molar-refractivity contribution in [2.24, 2.45) is 0 Å². The molecule has 0 spiro atoms. The molecule has 4 nitrogen and oxygen atoms in total. The number of nitrogens with zero attached hydrogens (tertiary/aromatic N) is 2. The van der Waals surface area contributed by atoms with E-state index in [2.05, 4.69) is 48.5 Å². The van der Waals surface area contributed by atoms with Gasteiger partial charge in [0.1, 0.15) is 0 Å². The largest absolute Gasteiger partial charge is 0.339 e. The van der Waals surface area contributed by atoms with Crippen LogP contribution in [0.25, 0.3) is 0 Å². The molecule has 0 bridgehead atoms. The van der Waals surface area contributed by atoms with Crippen LogP contribution in [-0.2, 0) is 11.2 Å². The van der Waals surface area contributed by atoms with Crippen molar-refractivity contribution in [2.75, 3.05) is 39.8 Å². The predicted molar refractivity (Wildman–Crippen MR) is 86.3 cm³/mol. The Balaban J connectivity index is 1.73. The Morgan fingerprint density at radius 1 is 1.29 bits per heavy atom. The van der Waals surface area contributed by atoms with E-state index in [9.17, 15) is 4.79 Å². The number of amides is 1. The quantitative estimate of drug-likeness (QED) is 0.859. The molecule has 116 valence electrons. The zero-order chi connectivity index (χ0) is 15.1. The van der Waals surface area contributed by atoms with Gasteiger partial charge in [0.05, 0.1) is 6.54 Å². The first-order chi connectivity index (χ1) is 10.2. The Hall–Kier alpha value is -1.39. The van der Waals surface area contributed by atoms with Crippen molar-refractivity contribution in [1.29, 1.82) is 0 Å². The van der Waals surface area contributed by atoms with Crippen LogP contribution >= 0.6 is 0 Å². The molecule has 0 aromatic heterocycles. The van der Waals surface area contributed by atoms with E-state index in [-0.39, 0.29) is 5.91 Å². The topological polar surface area (TPSA) is 35.6 Å². The molecule has 0 aliphatic carbocycles. The standard InChI is InChI=1S/C17H27N3O/c1-15(8-9-16-6-4-3-5-7-16)19(2)14-17(21)20-12-10-18-11-13-20/h3-7,15,18H,8-14H2,1-2H3. The molecular weight excluding hydrogens is 262 g/mol. The molecule has 0 radical (unpaired) electrons. The average molecular weight is 289 g/mol. The van der Waals surface area contributed by atoms with Crippen LogP contribution in [0.1, 0.15) is 18.9 Å². The summed E-state index contributed by atoms with van der Waals surface area (Å²) < 4.78 is 0. The highest BCUT2D eigenvalue weighted by atomic mass is 16.2. The fourth-order valence-corrected chi connectivity index (χ4v) is 2.62. The molecule has 2 rings (SSSR count). The van der Waals surface area contributed by atoms with Gasteiger partial charge in [-0.15, -0.1) is 0 Å². The maximum Gasteiger partial charge on any atom is 0.236 e. The van der Waals surface area contributed by atoms with Gasteiger partial charge in [-0.2, -0.15) is 0 Å². The Labute approximate surface area is 128 Å². The number of hydrogen-bond donors (Lipinski definition) is 1. The van der Waals surface area contributed by atoms with Gasteiger partial charge in [-0.05, 0) is 32.4 Å². The molecule has 1 N–H and O–H groups in total. The number of benzene rings is 1. The number of carbonyl (C=O) groups excluding carboxylic acids is 1. The minimum absolute atomic E-state index is 0.255. The first kappa shape index (κ1) is 16.0. The third kappa shape index (κ3) is 5.14. The summed E-state index contributed by atoms with van der Waals surface area (Å²) >= 11 is 0. The van der Waals surface area contributed by atoms with E-state index in [1.165, 1.54) is 5.56 Å². The highest BCUT2D eigenvalue weighted by Crippen LogP contribution is 2.09. The molecule has 0 saturated carbocycles. The second-order valence-electron chi connectivity index (χ2n) is 5.92. The van der Waals surface area contributed by atoms with Gasteiger partial charge in [0.15, 0.2) is 0 Å². The van der Waals surface area contributed by atoms with E-state index in [1.54, 1.807) is 0 Å². The molecule has 1 aliphatic heterocycles. The van der Waals surface area contributed by atoms with Crippen LogP contribution in [0.2, 0.25) is 0 Å². The summed E-state index contributed by atoms with van der Waals surface area (Å²) in [4.78, 5) is 16.4. The van der Waals surface area contributed by atoms with Gasteiger partial charge in [-0.3, -0.25) is 9.69 Å². The zero-order valence-corrected chi connectivity index (χ0v) is 13.2. The van der Waals surface area contributed by atoms with Gasteiger partial charge in [0.25, 0.3) is 0 Å². The first-order valence-corrected chi connectivity index (χ1v) is 7.89. The van der Waals surface area contributed by atoms with E-state index < -0.39 is 0 Å². The molecule has 1 atom stereocenters. The van der Waals surface area contributed by atoms with E-state index in [4.69, 9.17) is 0 Å². The second-order valence-corrected chi connectivity index (χ2v) is 5.92. The number of hydrogen-bond acceptors (Lipinski definition) is 3. The molecule has 1 fully saturated rings. The Bertz CT molecular complexity index is 429. The Morgan fingerprint density at radius 2 is 1.95 bits per heavy atom. The van der Waals surface area contributed by atoms with Crippen LogP contribution < -0.4 is 5.32 Å². The van der Waals surface area contributed by atoms with Crippen molar-refractivity contribution < 1.29 is 4.79 Å². The van der Waals surface area contributed by atoms with E-state index in [0.717, 1.165) is 39.0 Å². The zero-order valence-electron chi connectivity index (χ0n) is 13.2. The monoisotopic (exact) mass is 289 g/mol. The number of nitrogens with one attached hydrogen (secondary N) is 1. The van der Waals surface area contributed by atoms with Crippen LogP contribution in [0, 0.1) is 0 Å². The van der Waals surface area contributed by atoms with E-state index >= 15 is 0 Å². The number of likely N-dealkylation sites (N-methyl/N-ethyl adjacent to an activating group) is 1. The lowest BCUT2D eigenvalue weighted by atomic mass is 10.1. The van der Waals surface area contributed by atoms with Gasteiger partial charge in [-0.1, -0.05) is 30.3 Å². The predicted octanol–water partition coefficient (Wildman–Crippen LogP) is 1.37. The average Bonchev–Trinajstić information content (AvgIpc) is 2.54. The van der Waals surface area contributed by atoms with Gasteiger partial charge in [0, 0.05) is 32.2 Å². The molecule has 1 aromatic rings. The van der Waals surface area contributed by atoms with Gasteiger partial charge in [0.2, 0.25) is 5.91 Å². The smallest absolute Gasteiger partial charge is 0.236 e. The summed E-state index contributed by atoms with van der Waals surface area (Å²) in [5.41, 5.74) is 1.37. The lowest BCUT2D eigenvalue weighted by molar-refractivity contribution is -0.133. The lowest BCUT2D eigenvalue weighted by Crippen LogP contribution is -2.50. The molecule has 4 heteroatoms. The number of rotatable bonds is 6. The second kappa shape index (κ2) is 8.15. The van der Waals surface area contributed by atoms with Crippen molar-refractivity contribution in [3.05, 3.63) is 35.9 Å². The highest BCUT2D eigenvalue weighted by Gasteiger charge is 2.19. The van der Waals surface area contributed by atoms with Gasteiger partial charge in [-0.25, -0.2) is 0 Å². The SMILES string of the molecule is CC(CCc1ccccc1)N(C)CC(=O)N1CCNCC1. The van der Waals surface area contributed by atoms with Crippen LogP contribution in [0.5, 0.6) is 0 Å². The lowest BCUT2D eigenvalue weighted by Gasteiger charge is -2.31. The summed E-state index contributed by atoms with van der Waals surface area (Å²) in [6, 6.07) is 11.0. The van der Waals surface area contributed by atoms with Gasteiger partial charge >= 0.3 is 0 Å². The Kier molecular flexibility index (Phi) is 6.21. The third-order valence-corrected chi connectivity index (χ3v) is 4.30. The van der Waals surface area contributed by atoms with Crippen molar-refractivity contribution in [1.82, 2.24) is 15.1 Å². The summed E-state index contributed by atoms with van der Waals surface area (Å²) in [5, 5.41) is 3.28. The minimum atomic E-state index is 0.255. The Morgan fingerprint density at radius 3 is 2.62 bits per heavy atom. The highest BCUT2D eigenvalue weighted by molar-refractivity contribution is 5.78. The molecule has 1 aliphatic rings. The van der Waals surface area contributed by atoms with Crippen molar-refractivity contribution in [3.8, 4) is 0 Å². The molecular formula is C17H27N3O. The van der Waals surface area contributed by atoms with Crippen LogP contribution in [0.15, 0.2) is 30.3 Å². The van der Waals surface area contributed by atoms with Crippen molar-refractivity contribution in [3.63, 3.8) is 0 Å². The van der Waals surface area contributed by atoms with E-state index in [0.29, 0.717) is 12.6 Å². The summed E-state index contributed by atoms with van der Waals surface area (Å²) in [6.45, 7) is 6.23. The number of piperazine rings is 1. The van der Waals surface area contributed by atoms with Gasteiger partial charge < -0.3 is 10.2 Å². The van der Waals surface area contributed by atoms with Crippen LogP contribution in [-0.4, -0.2) is 61.5 Å². The molecule has 1 heterocycles. The summed E-state index contributed by atoms with van der Waals surface area (Å²) in [6.07, 6.45) is 2.14. The summed E-state index contributed by atoms with van der Waals surface area (Å²) in [7, 11) is 2.05. The third-order valence-electron chi connectivity index (χ3n) is 4.30. The fourth-order valence-electron chi connectivity index (χ4n) is 2.62. The maximum atomic E-state index is 12.2. The molecule has 1 saturated heterocycles. The molecule has 21 heavy (non-hydrogen) atoms. The van der Waals surface area contributed by atoms with Crippen molar-refractivity contribution in [2.45, 2.75) is 25.8 Å². The fraction of sp³-hybridized carbons (Fsp3) is 0.588. The normalized spacial score (nSPS) is 17.0. The number of aryl methyl sites for hydroxylation is 1. The molecule has 1 aromatic carbocycles.